The zero-order valence-corrected chi connectivity index (χ0v) is 15.8. The van der Waals surface area contributed by atoms with Gasteiger partial charge in [-0.25, -0.2) is 0 Å². The molecule has 0 radical (unpaired) electrons. The van der Waals surface area contributed by atoms with Crippen LogP contribution in [0.3, 0.4) is 0 Å². The Kier molecular flexibility index (Phi) is 7.52. The monoisotopic (exact) mass is 370 g/mol. The van der Waals surface area contributed by atoms with Crippen LogP contribution in [0.15, 0.2) is 54.6 Å². The highest BCUT2D eigenvalue weighted by atomic mass is 16.5. The molecule has 2 saturated heterocycles. The molecule has 27 heavy (non-hydrogen) atoms. The van der Waals surface area contributed by atoms with Crippen LogP contribution in [0.4, 0.5) is 0 Å². The number of hydrogen-bond donors (Lipinski definition) is 1. The number of hydrogen-bond acceptors (Lipinski definition) is 3. The fourth-order valence-corrected chi connectivity index (χ4v) is 4.35. The first-order chi connectivity index (χ1) is 13.2. The first-order valence-electron chi connectivity index (χ1n) is 10.1. The number of allylic oxidation sites excluding steroid dienone is 3. The largest absolute Gasteiger partial charge is 0.494 e. The van der Waals surface area contributed by atoms with Gasteiger partial charge >= 0.3 is 5.97 Å². The van der Waals surface area contributed by atoms with Gasteiger partial charge in [-0.3, -0.25) is 4.79 Å². The summed E-state index contributed by atoms with van der Waals surface area (Å²) in [5.41, 5.74) is 0. The van der Waals surface area contributed by atoms with Gasteiger partial charge in [-0.2, -0.15) is 0 Å². The number of fused-ring (bicyclic) bond motifs is 2. The average Bonchev–Trinajstić information content (AvgIpc) is 3.27. The Morgan fingerprint density at radius 1 is 1.07 bits per heavy atom. The second kappa shape index (κ2) is 10.3. The van der Waals surface area contributed by atoms with Gasteiger partial charge in [0.05, 0.1) is 25.2 Å². The molecule has 146 valence electrons. The molecule has 1 aromatic rings. The van der Waals surface area contributed by atoms with Crippen LogP contribution >= 0.6 is 0 Å². The highest BCUT2D eigenvalue weighted by Gasteiger charge is 2.47. The van der Waals surface area contributed by atoms with Crippen molar-refractivity contribution < 1.29 is 19.4 Å². The van der Waals surface area contributed by atoms with Crippen LogP contribution in [0, 0.1) is 11.8 Å². The van der Waals surface area contributed by atoms with Gasteiger partial charge in [0.1, 0.15) is 5.75 Å². The molecule has 0 aromatic heterocycles. The van der Waals surface area contributed by atoms with Gasteiger partial charge < -0.3 is 14.6 Å². The number of aliphatic carboxylic acids is 1. The fraction of sp³-hybridized carbons (Fsp3) is 0.522. The van der Waals surface area contributed by atoms with Gasteiger partial charge in [0.25, 0.3) is 0 Å². The van der Waals surface area contributed by atoms with Crippen molar-refractivity contribution in [2.45, 2.75) is 57.2 Å². The van der Waals surface area contributed by atoms with E-state index >= 15 is 0 Å². The van der Waals surface area contributed by atoms with E-state index in [0.29, 0.717) is 24.0 Å². The Balaban J connectivity index is 1.38. The summed E-state index contributed by atoms with van der Waals surface area (Å²) in [5, 5.41) is 8.63. The predicted molar refractivity (Wildman–Crippen MR) is 106 cm³/mol. The lowest BCUT2D eigenvalue weighted by Gasteiger charge is -2.27. The van der Waals surface area contributed by atoms with Gasteiger partial charge in [-0.15, -0.1) is 0 Å². The van der Waals surface area contributed by atoms with Crippen molar-refractivity contribution in [2.75, 3.05) is 6.61 Å². The standard InChI is InChI=1S/C23H30O4/c24-23(25)14-7-2-1-6-12-19-20(22-16-15-21(19)27-22)13-8-9-17-26-18-10-4-3-5-11-18/h1-7,10-11,19-22H,8-9,12-17H2,(H,24,25)/t19-,20+,21-,22+/m0/s1. The molecule has 3 rings (SSSR count). The summed E-state index contributed by atoms with van der Waals surface area (Å²) in [7, 11) is 0. The summed E-state index contributed by atoms with van der Waals surface area (Å²) >= 11 is 0. The molecule has 2 aliphatic rings. The van der Waals surface area contributed by atoms with Gasteiger partial charge in [-0.05, 0) is 62.5 Å². The summed E-state index contributed by atoms with van der Waals surface area (Å²) in [6.07, 6.45) is 15.4. The molecule has 2 fully saturated rings. The number of benzene rings is 1. The lowest BCUT2D eigenvalue weighted by atomic mass is 9.75. The van der Waals surface area contributed by atoms with E-state index in [4.69, 9.17) is 14.6 Å². The molecule has 1 N–H and O–H groups in total. The lowest BCUT2D eigenvalue weighted by Crippen LogP contribution is -2.26. The molecule has 0 spiro atoms. The summed E-state index contributed by atoms with van der Waals surface area (Å²) in [6.45, 7) is 0.768. The van der Waals surface area contributed by atoms with Crippen molar-refractivity contribution in [3.63, 3.8) is 0 Å². The maximum atomic E-state index is 10.5. The number of carbonyl (C=O) groups is 1. The third kappa shape index (κ3) is 5.96. The van der Waals surface area contributed by atoms with E-state index < -0.39 is 5.97 Å². The second-order valence-electron chi connectivity index (χ2n) is 7.47. The van der Waals surface area contributed by atoms with Crippen LogP contribution in [-0.4, -0.2) is 29.9 Å². The van der Waals surface area contributed by atoms with Gasteiger partial charge in [-0.1, -0.05) is 42.5 Å². The summed E-state index contributed by atoms with van der Waals surface area (Å²) < 4.78 is 12.0. The Labute approximate surface area is 161 Å². The molecule has 4 nitrogen and oxygen atoms in total. The summed E-state index contributed by atoms with van der Waals surface area (Å²) in [4.78, 5) is 10.5. The van der Waals surface area contributed by atoms with Crippen molar-refractivity contribution in [3.8, 4) is 5.75 Å². The molecular formula is C23H30O4. The Morgan fingerprint density at radius 3 is 2.59 bits per heavy atom. The number of unbranched alkanes of at least 4 members (excludes halogenated alkanes) is 1. The van der Waals surface area contributed by atoms with E-state index in [1.54, 1.807) is 6.08 Å². The normalized spacial score (nSPS) is 27.0. The van der Waals surface area contributed by atoms with Gasteiger partial charge in [0.15, 0.2) is 0 Å². The first-order valence-corrected chi connectivity index (χ1v) is 10.1. The third-order valence-corrected chi connectivity index (χ3v) is 5.62. The van der Waals surface area contributed by atoms with Crippen LogP contribution < -0.4 is 4.74 Å². The van der Waals surface area contributed by atoms with Gasteiger partial charge in [0, 0.05) is 0 Å². The summed E-state index contributed by atoms with van der Waals surface area (Å²) in [6, 6.07) is 9.99. The van der Waals surface area contributed by atoms with Crippen LogP contribution in [0.2, 0.25) is 0 Å². The number of rotatable bonds is 11. The number of carboxylic acid groups (broad SMARTS) is 1. The Hall–Kier alpha value is -2.07. The first kappa shape index (κ1) is 19.7. The van der Waals surface area contributed by atoms with Crippen LogP contribution in [0.1, 0.15) is 44.9 Å². The van der Waals surface area contributed by atoms with Gasteiger partial charge in [0.2, 0.25) is 0 Å². The van der Waals surface area contributed by atoms with E-state index in [1.807, 2.05) is 42.5 Å². The molecule has 4 heteroatoms. The number of para-hydroxylation sites is 1. The van der Waals surface area contributed by atoms with E-state index in [-0.39, 0.29) is 6.42 Å². The topological polar surface area (TPSA) is 55.8 Å². The summed E-state index contributed by atoms with van der Waals surface area (Å²) in [5.74, 6) is 1.40. The Bertz CT molecular complexity index is 637. The smallest absolute Gasteiger partial charge is 0.307 e. The maximum Gasteiger partial charge on any atom is 0.307 e. The minimum Gasteiger partial charge on any atom is -0.494 e. The number of carboxylic acids is 1. The average molecular weight is 370 g/mol. The van der Waals surface area contributed by atoms with E-state index in [1.165, 1.54) is 25.7 Å². The van der Waals surface area contributed by atoms with Crippen molar-refractivity contribution in [1.29, 1.82) is 0 Å². The number of ether oxygens (including phenoxy) is 2. The molecule has 0 unspecified atom stereocenters. The molecule has 2 bridgehead atoms. The molecule has 2 aliphatic heterocycles. The molecule has 2 heterocycles. The third-order valence-electron chi connectivity index (χ3n) is 5.62. The fourth-order valence-electron chi connectivity index (χ4n) is 4.35. The minimum atomic E-state index is -0.794. The van der Waals surface area contributed by atoms with E-state index in [2.05, 4.69) is 6.08 Å². The highest BCUT2D eigenvalue weighted by molar-refractivity contribution is 5.68. The predicted octanol–water partition coefficient (Wildman–Crippen LogP) is 5.01. The molecular weight excluding hydrogens is 340 g/mol. The zero-order chi connectivity index (χ0) is 18.9. The van der Waals surface area contributed by atoms with Crippen LogP contribution in [0.5, 0.6) is 5.75 Å². The quantitative estimate of drug-likeness (QED) is 0.440. The molecule has 4 atom stereocenters. The van der Waals surface area contributed by atoms with Crippen LogP contribution in [-0.2, 0) is 9.53 Å². The van der Waals surface area contributed by atoms with Crippen LogP contribution in [0.25, 0.3) is 0 Å². The lowest BCUT2D eigenvalue weighted by molar-refractivity contribution is -0.136. The van der Waals surface area contributed by atoms with Crippen molar-refractivity contribution in [1.82, 2.24) is 0 Å². The molecule has 0 saturated carbocycles. The SMILES string of the molecule is O=C(O)CC=CC=CC[C@H]1[C@@H](CCCCOc2ccccc2)[C@H]2CC[C@@H]1O2. The van der Waals surface area contributed by atoms with Crippen molar-refractivity contribution in [3.05, 3.63) is 54.6 Å². The second-order valence-corrected chi connectivity index (χ2v) is 7.47. The maximum absolute atomic E-state index is 10.5. The Morgan fingerprint density at radius 2 is 1.81 bits per heavy atom. The zero-order valence-electron chi connectivity index (χ0n) is 15.8. The molecule has 0 amide bonds. The van der Waals surface area contributed by atoms with E-state index in [0.717, 1.165) is 25.2 Å². The highest BCUT2D eigenvalue weighted by Crippen LogP contribution is 2.47. The minimum absolute atomic E-state index is 0.0786. The van der Waals surface area contributed by atoms with Crippen molar-refractivity contribution >= 4 is 5.97 Å². The van der Waals surface area contributed by atoms with Crippen molar-refractivity contribution in [2.24, 2.45) is 11.8 Å². The molecule has 0 aliphatic carbocycles. The van der Waals surface area contributed by atoms with E-state index in [9.17, 15) is 4.79 Å². The molecule has 1 aromatic carbocycles.